The maximum absolute atomic E-state index is 13.7. The van der Waals surface area contributed by atoms with Crippen LogP contribution in [-0.4, -0.2) is 27.3 Å². The molecule has 1 heterocycles. The van der Waals surface area contributed by atoms with Gasteiger partial charge in [0, 0.05) is 18.0 Å². The van der Waals surface area contributed by atoms with Gasteiger partial charge >= 0.3 is 0 Å². The standard InChI is InChI=1S/C11H13F2N5/c1-14-9(6-10-15-17-18(2)16-10)7-4-3-5-8(12)11(7)13/h3-5,9,14H,6H2,1-2H3. The molecule has 1 atom stereocenters. The maximum Gasteiger partial charge on any atom is 0.176 e. The first-order valence-corrected chi connectivity index (χ1v) is 5.46. The van der Waals surface area contributed by atoms with Crippen molar-refractivity contribution in [2.75, 3.05) is 7.05 Å². The second-order valence-electron chi connectivity index (χ2n) is 3.88. The molecule has 0 fully saturated rings. The van der Waals surface area contributed by atoms with Crippen LogP contribution in [0.4, 0.5) is 8.78 Å². The Kier molecular flexibility index (Phi) is 3.61. The number of nitrogens with zero attached hydrogens (tertiary/aromatic N) is 4. The lowest BCUT2D eigenvalue weighted by atomic mass is 10.0. The minimum absolute atomic E-state index is 0.255. The average Bonchev–Trinajstić information content (AvgIpc) is 2.76. The summed E-state index contributed by atoms with van der Waals surface area (Å²) in [6.07, 6.45) is 0.338. The van der Waals surface area contributed by atoms with Crippen LogP contribution >= 0.6 is 0 Å². The first kappa shape index (κ1) is 12.6. The summed E-state index contributed by atoms with van der Waals surface area (Å²) in [5.74, 6) is -1.24. The summed E-state index contributed by atoms with van der Waals surface area (Å²) in [5, 5.41) is 14.5. The second kappa shape index (κ2) is 5.18. The molecule has 0 aliphatic carbocycles. The summed E-state index contributed by atoms with van der Waals surface area (Å²) in [6.45, 7) is 0. The van der Waals surface area contributed by atoms with Gasteiger partial charge in [0.05, 0.1) is 7.05 Å². The Hall–Kier alpha value is -1.89. The Labute approximate surface area is 103 Å². The Morgan fingerprint density at radius 3 is 2.78 bits per heavy atom. The molecule has 0 radical (unpaired) electrons. The highest BCUT2D eigenvalue weighted by molar-refractivity contribution is 5.23. The van der Waals surface area contributed by atoms with E-state index in [0.29, 0.717) is 12.2 Å². The number of benzene rings is 1. The predicted octanol–water partition coefficient (Wildman–Crippen LogP) is 0.991. The van der Waals surface area contributed by atoms with Gasteiger partial charge in [0.1, 0.15) is 0 Å². The second-order valence-corrected chi connectivity index (χ2v) is 3.88. The third kappa shape index (κ3) is 2.51. The summed E-state index contributed by atoms with van der Waals surface area (Å²) in [5.41, 5.74) is 0.255. The lowest BCUT2D eigenvalue weighted by Gasteiger charge is -2.15. The van der Waals surface area contributed by atoms with Crippen LogP contribution in [0.2, 0.25) is 0 Å². The fourth-order valence-electron chi connectivity index (χ4n) is 1.74. The molecule has 0 spiro atoms. The number of rotatable bonds is 4. The van der Waals surface area contributed by atoms with Gasteiger partial charge in [-0.25, -0.2) is 8.78 Å². The molecule has 2 rings (SSSR count). The van der Waals surface area contributed by atoms with Crippen molar-refractivity contribution in [3.05, 3.63) is 41.2 Å². The molecule has 1 unspecified atom stereocenters. The third-order valence-electron chi connectivity index (χ3n) is 2.64. The van der Waals surface area contributed by atoms with Gasteiger partial charge in [-0.1, -0.05) is 12.1 Å². The van der Waals surface area contributed by atoms with Crippen LogP contribution in [0.5, 0.6) is 0 Å². The highest BCUT2D eigenvalue weighted by Gasteiger charge is 2.19. The predicted molar refractivity (Wildman–Crippen MR) is 60.7 cm³/mol. The van der Waals surface area contributed by atoms with Crippen molar-refractivity contribution in [3.63, 3.8) is 0 Å². The van der Waals surface area contributed by atoms with Crippen LogP contribution < -0.4 is 5.32 Å². The van der Waals surface area contributed by atoms with E-state index in [1.165, 1.54) is 16.9 Å². The average molecular weight is 253 g/mol. The van der Waals surface area contributed by atoms with Crippen molar-refractivity contribution >= 4 is 0 Å². The minimum Gasteiger partial charge on any atom is -0.313 e. The summed E-state index contributed by atoms with van der Waals surface area (Å²) in [4.78, 5) is 1.32. The zero-order valence-corrected chi connectivity index (χ0v) is 10.1. The SMILES string of the molecule is CNC(Cc1nnn(C)n1)c1cccc(F)c1F. The minimum atomic E-state index is -0.861. The maximum atomic E-state index is 13.7. The van der Waals surface area contributed by atoms with E-state index in [1.54, 1.807) is 14.1 Å². The van der Waals surface area contributed by atoms with Crippen LogP contribution in [0.25, 0.3) is 0 Å². The number of aromatic nitrogens is 4. The highest BCUT2D eigenvalue weighted by Crippen LogP contribution is 2.21. The van der Waals surface area contributed by atoms with Crippen molar-refractivity contribution in [1.82, 2.24) is 25.5 Å². The van der Waals surface area contributed by atoms with Gasteiger partial charge in [0.25, 0.3) is 0 Å². The number of hydrogen-bond donors (Lipinski definition) is 1. The van der Waals surface area contributed by atoms with Gasteiger partial charge in [-0.15, -0.1) is 10.2 Å². The first-order chi connectivity index (χ1) is 8.61. The molecule has 7 heteroatoms. The quantitative estimate of drug-likeness (QED) is 0.883. The fourth-order valence-corrected chi connectivity index (χ4v) is 1.74. The molecule has 96 valence electrons. The lowest BCUT2D eigenvalue weighted by Crippen LogP contribution is -2.21. The van der Waals surface area contributed by atoms with E-state index in [2.05, 4.69) is 20.7 Å². The van der Waals surface area contributed by atoms with E-state index >= 15 is 0 Å². The Morgan fingerprint density at radius 2 is 2.17 bits per heavy atom. The number of aryl methyl sites for hydroxylation is 1. The third-order valence-corrected chi connectivity index (χ3v) is 2.64. The van der Waals surface area contributed by atoms with Crippen molar-refractivity contribution in [3.8, 4) is 0 Å². The molecule has 0 saturated heterocycles. The topological polar surface area (TPSA) is 55.6 Å². The molecule has 0 aliphatic heterocycles. The van der Waals surface area contributed by atoms with Gasteiger partial charge in [-0.05, 0) is 18.3 Å². The van der Waals surface area contributed by atoms with Crippen molar-refractivity contribution in [2.45, 2.75) is 12.5 Å². The monoisotopic (exact) mass is 253 g/mol. The van der Waals surface area contributed by atoms with Gasteiger partial charge in [-0.3, -0.25) is 0 Å². The summed E-state index contributed by atoms with van der Waals surface area (Å²) in [6, 6.07) is 3.70. The molecule has 1 N–H and O–H groups in total. The van der Waals surface area contributed by atoms with Gasteiger partial charge < -0.3 is 5.32 Å². The first-order valence-electron chi connectivity index (χ1n) is 5.46. The Bertz CT molecular complexity index is 540. The van der Waals surface area contributed by atoms with E-state index < -0.39 is 17.7 Å². The number of halogens is 2. The van der Waals surface area contributed by atoms with Crippen molar-refractivity contribution in [1.29, 1.82) is 0 Å². The molecule has 1 aromatic heterocycles. The summed E-state index contributed by atoms with van der Waals surface area (Å²) in [7, 11) is 3.32. The van der Waals surface area contributed by atoms with E-state index in [4.69, 9.17) is 0 Å². The molecule has 18 heavy (non-hydrogen) atoms. The Morgan fingerprint density at radius 1 is 1.39 bits per heavy atom. The molecule has 0 amide bonds. The van der Waals surface area contributed by atoms with E-state index in [0.717, 1.165) is 6.07 Å². The number of nitrogens with one attached hydrogen (secondary N) is 1. The van der Waals surface area contributed by atoms with Gasteiger partial charge in [0.15, 0.2) is 17.5 Å². The van der Waals surface area contributed by atoms with Crippen molar-refractivity contribution < 1.29 is 8.78 Å². The normalized spacial score (nSPS) is 12.7. The van der Waals surface area contributed by atoms with Crippen LogP contribution in [0.1, 0.15) is 17.4 Å². The van der Waals surface area contributed by atoms with Gasteiger partial charge in [0.2, 0.25) is 0 Å². The van der Waals surface area contributed by atoms with Crippen LogP contribution in [0.15, 0.2) is 18.2 Å². The van der Waals surface area contributed by atoms with E-state index in [-0.39, 0.29) is 5.56 Å². The molecule has 1 aromatic carbocycles. The Balaban J connectivity index is 2.25. The molecule has 0 saturated carbocycles. The zero-order valence-electron chi connectivity index (χ0n) is 10.1. The number of tetrazole rings is 1. The zero-order chi connectivity index (χ0) is 13.1. The van der Waals surface area contributed by atoms with E-state index in [1.807, 2.05) is 0 Å². The smallest absolute Gasteiger partial charge is 0.176 e. The highest BCUT2D eigenvalue weighted by atomic mass is 19.2. The molecule has 5 nitrogen and oxygen atoms in total. The lowest BCUT2D eigenvalue weighted by molar-refractivity contribution is 0.470. The summed E-state index contributed by atoms with van der Waals surface area (Å²) < 4.78 is 26.8. The van der Waals surface area contributed by atoms with Crippen LogP contribution in [0, 0.1) is 11.6 Å². The van der Waals surface area contributed by atoms with Crippen molar-refractivity contribution in [2.24, 2.45) is 7.05 Å². The molecule has 0 aliphatic rings. The largest absolute Gasteiger partial charge is 0.313 e. The van der Waals surface area contributed by atoms with E-state index in [9.17, 15) is 8.78 Å². The van der Waals surface area contributed by atoms with Crippen LogP contribution in [-0.2, 0) is 13.5 Å². The fraction of sp³-hybridized carbons (Fsp3) is 0.364. The van der Waals surface area contributed by atoms with Gasteiger partial charge in [-0.2, -0.15) is 4.80 Å². The van der Waals surface area contributed by atoms with Crippen LogP contribution in [0.3, 0.4) is 0 Å². The number of likely N-dealkylation sites (N-methyl/N-ethyl adjacent to an activating group) is 1. The summed E-state index contributed by atoms with van der Waals surface area (Å²) >= 11 is 0. The molecule has 0 bridgehead atoms. The molecule has 2 aromatic rings. The molecular formula is C11H13F2N5. The molecular weight excluding hydrogens is 240 g/mol. The number of hydrogen-bond acceptors (Lipinski definition) is 4.